The molecule has 6 nitrogen and oxygen atoms in total. The van der Waals surface area contributed by atoms with Crippen LogP contribution < -0.4 is 10.3 Å². The number of aryl methyl sites for hydroxylation is 2. The van der Waals surface area contributed by atoms with E-state index in [1.807, 2.05) is 91.9 Å². The average molecular weight is 469 g/mol. The molecular weight excluding hydrogens is 440 g/mol. The highest BCUT2D eigenvalue weighted by atomic mass is 16.5. The van der Waals surface area contributed by atoms with Crippen molar-refractivity contribution in [1.29, 1.82) is 0 Å². The Kier molecular flexibility index (Phi) is 7.73. The predicted octanol–water partition coefficient (Wildman–Crippen LogP) is 5.53. The third-order valence-corrected chi connectivity index (χ3v) is 5.55. The Balaban J connectivity index is 1.74. The lowest BCUT2D eigenvalue weighted by atomic mass is 9.95. The number of ether oxygens (including phenoxy) is 2. The molecule has 0 saturated heterocycles. The summed E-state index contributed by atoms with van der Waals surface area (Å²) in [6.07, 6.45) is 0.544. The zero-order valence-corrected chi connectivity index (χ0v) is 19.9. The third kappa shape index (κ3) is 5.66. The van der Waals surface area contributed by atoms with Gasteiger partial charge in [-0.1, -0.05) is 78.4 Å². The molecule has 1 aromatic heterocycles. The summed E-state index contributed by atoms with van der Waals surface area (Å²) in [5, 5.41) is 4.72. The van der Waals surface area contributed by atoms with Crippen molar-refractivity contribution in [3.63, 3.8) is 0 Å². The quantitative estimate of drug-likeness (QED) is 0.239. The summed E-state index contributed by atoms with van der Waals surface area (Å²) >= 11 is 0. The zero-order valence-electron chi connectivity index (χ0n) is 19.9. The SMILES string of the molecule is CCOC(=O)c1c(-c2ccccc2)c(-c2ccccc2)nn(CCCOc2ccc(C)cc2)c1=O. The minimum Gasteiger partial charge on any atom is -0.494 e. The Morgan fingerprint density at radius 3 is 2.14 bits per heavy atom. The van der Waals surface area contributed by atoms with Gasteiger partial charge in [0.2, 0.25) is 0 Å². The second kappa shape index (κ2) is 11.3. The van der Waals surface area contributed by atoms with Crippen LogP contribution in [0.5, 0.6) is 5.75 Å². The fourth-order valence-electron chi connectivity index (χ4n) is 3.84. The van der Waals surface area contributed by atoms with Crippen LogP contribution in [0.15, 0.2) is 89.7 Å². The first-order valence-electron chi connectivity index (χ1n) is 11.7. The first-order valence-corrected chi connectivity index (χ1v) is 11.7. The summed E-state index contributed by atoms with van der Waals surface area (Å²) in [6.45, 7) is 4.62. The van der Waals surface area contributed by atoms with Crippen LogP contribution in [-0.2, 0) is 11.3 Å². The standard InChI is InChI=1S/C29H28N2O4/c1-3-34-29(33)26-25(22-11-6-4-7-12-22)27(23-13-8-5-9-14-23)30-31(28(26)32)19-10-20-35-24-17-15-21(2)16-18-24/h4-9,11-18H,3,10,19-20H2,1-2H3. The van der Waals surface area contributed by atoms with Gasteiger partial charge in [0.05, 0.1) is 18.9 Å². The molecule has 0 saturated carbocycles. The summed E-state index contributed by atoms with van der Waals surface area (Å²) in [5.41, 5.74) is 3.25. The highest BCUT2D eigenvalue weighted by Crippen LogP contribution is 2.32. The van der Waals surface area contributed by atoms with Crippen molar-refractivity contribution in [2.75, 3.05) is 13.2 Å². The van der Waals surface area contributed by atoms with Crippen molar-refractivity contribution in [1.82, 2.24) is 9.78 Å². The lowest BCUT2D eigenvalue weighted by molar-refractivity contribution is 0.0524. The highest BCUT2D eigenvalue weighted by Gasteiger charge is 2.26. The van der Waals surface area contributed by atoms with Crippen molar-refractivity contribution in [3.05, 3.63) is 106 Å². The van der Waals surface area contributed by atoms with E-state index in [4.69, 9.17) is 14.6 Å². The monoisotopic (exact) mass is 468 g/mol. The van der Waals surface area contributed by atoms with E-state index in [0.29, 0.717) is 30.8 Å². The van der Waals surface area contributed by atoms with Crippen LogP contribution in [0.3, 0.4) is 0 Å². The molecule has 0 spiro atoms. The van der Waals surface area contributed by atoms with Crippen LogP contribution in [0.1, 0.15) is 29.3 Å². The molecule has 35 heavy (non-hydrogen) atoms. The van der Waals surface area contributed by atoms with Crippen molar-refractivity contribution in [2.24, 2.45) is 0 Å². The lowest BCUT2D eigenvalue weighted by Crippen LogP contribution is -2.31. The van der Waals surface area contributed by atoms with Gasteiger partial charge in [-0.05, 0) is 31.5 Å². The van der Waals surface area contributed by atoms with E-state index < -0.39 is 11.5 Å². The number of nitrogens with zero attached hydrogens (tertiary/aromatic N) is 2. The molecule has 0 N–H and O–H groups in total. The Bertz CT molecular complexity index is 1330. The van der Waals surface area contributed by atoms with Crippen molar-refractivity contribution in [2.45, 2.75) is 26.8 Å². The van der Waals surface area contributed by atoms with Crippen molar-refractivity contribution >= 4 is 5.97 Å². The molecule has 178 valence electrons. The molecular formula is C29H28N2O4. The number of hydrogen-bond acceptors (Lipinski definition) is 5. The van der Waals surface area contributed by atoms with Gasteiger partial charge in [0.15, 0.2) is 0 Å². The number of aromatic nitrogens is 2. The number of rotatable bonds is 9. The molecule has 0 aliphatic carbocycles. The average Bonchev–Trinajstić information content (AvgIpc) is 2.89. The van der Waals surface area contributed by atoms with Crippen LogP contribution in [0.2, 0.25) is 0 Å². The van der Waals surface area contributed by atoms with Gasteiger partial charge in [-0.2, -0.15) is 5.10 Å². The summed E-state index contributed by atoms with van der Waals surface area (Å²) in [6, 6.07) is 26.7. The van der Waals surface area contributed by atoms with Crippen LogP contribution in [-0.4, -0.2) is 29.0 Å². The topological polar surface area (TPSA) is 70.4 Å². The smallest absolute Gasteiger partial charge is 0.344 e. The van der Waals surface area contributed by atoms with E-state index >= 15 is 0 Å². The van der Waals surface area contributed by atoms with Crippen LogP contribution in [0.4, 0.5) is 0 Å². The van der Waals surface area contributed by atoms with E-state index in [-0.39, 0.29) is 12.2 Å². The Labute approximate surface area is 204 Å². The summed E-state index contributed by atoms with van der Waals surface area (Å²) in [5.74, 6) is 0.119. The van der Waals surface area contributed by atoms with Crippen LogP contribution >= 0.6 is 0 Å². The number of carbonyl (C=O) groups is 1. The third-order valence-electron chi connectivity index (χ3n) is 5.55. The second-order valence-corrected chi connectivity index (χ2v) is 8.09. The number of benzene rings is 3. The number of esters is 1. The highest BCUT2D eigenvalue weighted by molar-refractivity contribution is 6.00. The van der Waals surface area contributed by atoms with Gasteiger partial charge in [0.1, 0.15) is 11.3 Å². The number of hydrogen-bond donors (Lipinski definition) is 0. The van der Waals surface area contributed by atoms with Gasteiger partial charge in [-0.15, -0.1) is 0 Å². The minimum atomic E-state index is -0.652. The fraction of sp³-hybridized carbons (Fsp3) is 0.207. The molecule has 0 radical (unpaired) electrons. The maximum atomic E-state index is 13.5. The summed E-state index contributed by atoms with van der Waals surface area (Å²) in [4.78, 5) is 26.6. The van der Waals surface area contributed by atoms with Gasteiger partial charge in [0.25, 0.3) is 5.56 Å². The maximum Gasteiger partial charge on any atom is 0.344 e. The molecule has 0 unspecified atom stereocenters. The van der Waals surface area contributed by atoms with E-state index in [9.17, 15) is 9.59 Å². The van der Waals surface area contributed by atoms with E-state index in [2.05, 4.69) is 0 Å². The second-order valence-electron chi connectivity index (χ2n) is 8.09. The molecule has 1 heterocycles. The molecule has 0 amide bonds. The van der Waals surface area contributed by atoms with E-state index in [1.165, 1.54) is 4.68 Å². The largest absolute Gasteiger partial charge is 0.494 e. The van der Waals surface area contributed by atoms with E-state index in [0.717, 1.165) is 22.4 Å². The molecule has 4 rings (SSSR count). The molecule has 4 aromatic rings. The molecule has 0 fully saturated rings. The molecule has 0 aliphatic rings. The first kappa shape index (κ1) is 24.0. The van der Waals surface area contributed by atoms with Gasteiger partial charge >= 0.3 is 5.97 Å². The minimum absolute atomic E-state index is 0.00800. The van der Waals surface area contributed by atoms with Crippen molar-refractivity contribution < 1.29 is 14.3 Å². The molecule has 0 atom stereocenters. The molecule has 0 bridgehead atoms. The number of carbonyl (C=O) groups excluding carboxylic acids is 1. The van der Waals surface area contributed by atoms with Gasteiger partial charge in [-0.25, -0.2) is 9.48 Å². The molecule has 6 heteroatoms. The van der Waals surface area contributed by atoms with Crippen LogP contribution in [0.25, 0.3) is 22.4 Å². The summed E-state index contributed by atoms with van der Waals surface area (Å²) in [7, 11) is 0. The molecule has 3 aromatic carbocycles. The fourth-order valence-corrected chi connectivity index (χ4v) is 3.84. The van der Waals surface area contributed by atoms with Crippen molar-refractivity contribution in [3.8, 4) is 28.1 Å². The predicted molar refractivity (Wildman–Crippen MR) is 137 cm³/mol. The first-order chi connectivity index (χ1) is 17.1. The maximum absolute atomic E-state index is 13.5. The normalized spacial score (nSPS) is 10.7. The Hall–Kier alpha value is -4.19. The van der Waals surface area contributed by atoms with Gasteiger partial charge in [-0.3, -0.25) is 4.79 Å². The van der Waals surface area contributed by atoms with E-state index in [1.54, 1.807) is 6.92 Å². The lowest BCUT2D eigenvalue weighted by Gasteiger charge is -2.17. The Morgan fingerprint density at radius 2 is 1.51 bits per heavy atom. The van der Waals surface area contributed by atoms with Crippen LogP contribution in [0, 0.1) is 6.92 Å². The summed E-state index contributed by atoms with van der Waals surface area (Å²) < 4.78 is 12.5. The van der Waals surface area contributed by atoms with Gasteiger partial charge < -0.3 is 9.47 Å². The molecule has 0 aliphatic heterocycles. The van der Waals surface area contributed by atoms with Gasteiger partial charge in [0, 0.05) is 24.1 Å². The zero-order chi connectivity index (χ0) is 24.6. The Morgan fingerprint density at radius 1 is 0.886 bits per heavy atom.